The van der Waals surface area contributed by atoms with E-state index in [1.54, 1.807) is 66.3 Å². The first-order valence-electron chi connectivity index (χ1n) is 20.9. The van der Waals surface area contributed by atoms with Crippen LogP contribution < -0.4 is 0 Å². The lowest BCUT2D eigenvalue weighted by Gasteiger charge is -2.39. The van der Waals surface area contributed by atoms with E-state index in [1.807, 2.05) is 0 Å². The fourth-order valence-electron chi connectivity index (χ4n) is 10.3. The van der Waals surface area contributed by atoms with Crippen molar-refractivity contribution in [2.45, 2.75) is 223 Å². The molecule has 1 heteroatoms. The third-order valence-electron chi connectivity index (χ3n) is 12.7. The monoisotopic (exact) mass is 644 g/mol. The van der Waals surface area contributed by atoms with E-state index in [9.17, 15) is 0 Å². The van der Waals surface area contributed by atoms with Crippen molar-refractivity contribution in [1.82, 2.24) is 4.57 Å². The number of fused-ring (bicyclic) bond motifs is 3. The number of hydrogen-bond donors (Lipinski definition) is 0. The molecule has 2 unspecified atom stereocenters. The summed E-state index contributed by atoms with van der Waals surface area (Å²) in [6.07, 6.45) is 22.4. The van der Waals surface area contributed by atoms with Crippen LogP contribution >= 0.6 is 0 Å². The molecule has 0 aliphatic heterocycles. The molecule has 0 bridgehead atoms. The topological polar surface area (TPSA) is 4.93 Å². The fraction of sp³-hybridized carbons (Fsp3) is 0.739. The van der Waals surface area contributed by atoms with Gasteiger partial charge in [-0.05, 0) is 133 Å². The smallest absolute Gasteiger partial charge is 0.0529 e. The van der Waals surface area contributed by atoms with E-state index in [0.717, 1.165) is 45.1 Å². The zero-order valence-corrected chi connectivity index (χ0v) is 33.9. The van der Waals surface area contributed by atoms with Crippen LogP contribution in [0.3, 0.4) is 0 Å². The minimum atomic E-state index is 0.218. The van der Waals surface area contributed by atoms with Crippen molar-refractivity contribution < 1.29 is 0 Å². The van der Waals surface area contributed by atoms with Crippen LogP contribution in [0, 0.1) is 0 Å². The van der Waals surface area contributed by atoms with E-state index >= 15 is 0 Å². The van der Waals surface area contributed by atoms with Crippen LogP contribution in [-0.2, 0) is 55.9 Å². The summed E-state index contributed by atoms with van der Waals surface area (Å²) in [6, 6.07) is 0. The molecular formula is C46H77N. The molecule has 0 fully saturated rings. The van der Waals surface area contributed by atoms with Crippen LogP contribution in [-0.4, -0.2) is 4.57 Å². The van der Waals surface area contributed by atoms with E-state index < -0.39 is 0 Å². The maximum absolute atomic E-state index is 2.85. The number of unbranched alkanes of at least 4 members (excludes halogenated alkanes) is 4. The molecule has 0 saturated heterocycles. The number of nitrogens with zero attached hydrogens (tertiary/aromatic N) is 1. The average Bonchev–Trinajstić information content (AvgIpc) is 3.44. The molecule has 1 heterocycles. The van der Waals surface area contributed by atoms with Gasteiger partial charge in [0, 0.05) is 17.3 Å². The van der Waals surface area contributed by atoms with E-state index in [2.05, 4.69) is 94.6 Å². The van der Waals surface area contributed by atoms with Crippen LogP contribution in [0.5, 0.6) is 0 Å². The zero-order chi connectivity index (χ0) is 34.9. The molecule has 3 rings (SSSR count). The Hall–Kier alpha value is -1.76. The van der Waals surface area contributed by atoms with Crippen LogP contribution in [0.2, 0.25) is 0 Å². The molecule has 2 atom stereocenters. The number of benzene rings is 2. The van der Waals surface area contributed by atoms with Gasteiger partial charge in [0.2, 0.25) is 0 Å². The van der Waals surface area contributed by atoms with Crippen molar-refractivity contribution in [3.63, 3.8) is 0 Å². The van der Waals surface area contributed by atoms with Crippen molar-refractivity contribution in [3.8, 4) is 0 Å². The van der Waals surface area contributed by atoms with Crippen molar-refractivity contribution >= 4 is 21.8 Å². The Kier molecular flexibility index (Phi) is 15.0. The Morgan fingerprint density at radius 3 is 1.43 bits per heavy atom. The zero-order valence-electron chi connectivity index (χ0n) is 33.9. The highest BCUT2D eigenvalue weighted by molar-refractivity contribution is 6.15. The van der Waals surface area contributed by atoms with Gasteiger partial charge in [0.05, 0.1) is 11.0 Å². The van der Waals surface area contributed by atoms with Crippen LogP contribution in [0.25, 0.3) is 21.8 Å². The first-order chi connectivity index (χ1) is 22.7. The molecule has 47 heavy (non-hydrogen) atoms. The Morgan fingerprint density at radius 1 is 0.426 bits per heavy atom. The highest BCUT2D eigenvalue weighted by Gasteiger charge is 2.38. The lowest BCUT2D eigenvalue weighted by atomic mass is 9.66. The Labute approximate surface area is 293 Å². The maximum Gasteiger partial charge on any atom is 0.0529 e. The number of aryl methyl sites for hydroxylation is 5. The predicted molar refractivity (Wildman–Crippen MR) is 214 cm³/mol. The van der Waals surface area contributed by atoms with Gasteiger partial charge in [-0.25, -0.2) is 0 Å². The van der Waals surface area contributed by atoms with Gasteiger partial charge in [-0.2, -0.15) is 0 Å². The predicted octanol–water partition coefficient (Wildman–Crippen LogP) is 14.5. The van der Waals surface area contributed by atoms with Gasteiger partial charge in [-0.1, -0.05) is 128 Å². The fourth-order valence-corrected chi connectivity index (χ4v) is 10.3. The molecule has 2 aromatic carbocycles. The first-order valence-corrected chi connectivity index (χ1v) is 20.9. The number of aromatic nitrogens is 1. The van der Waals surface area contributed by atoms with Gasteiger partial charge in [-0.3, -0.25) is 0 Å². The SMILES string of the molecule is CCCCCCC(C)(CC)c1c(CC)c(CC)c2c(c1CC)c1c(CC)c(CC)c(C(CC)(CCC)CCCC)c(CC)c1n2CC. The van der Waals surface area contributed by atoms with E-state index in [1.165, 1.54) is 77.0 Å². The second-order valence-corrected chi connectivity index (χ2v) is 15.1. The summed E-state index contributed by atoms with van der Waals surface area (Å²) in [5, 5.41) is 3.30. The normalized spacial score (nSPS) is 14.7. The Morgan fingerprint density at radius 2 is 0.957 bits per heavy atom. The lowest BCUT2D eigenvalue weighted by molar-refractivity contribution is 0.332. The molecule has 0 radical (unpaired) electrons. The molecule has 0 saturated carbocycles. The van der Waals surface area contributed by atoms with Gasteiger partial charge in [-0.15, -0.1) is 0 Å². The third-order valence-corrected chi connectivity index (χ3v) is 12.7. The minimum absolute atomic E-state index is 0.218. The van der Waals surface area contributed by atoms with Gasteiger partial charge in [0.15, 0.2) is 0 Å². The molecule has 0 N–H and O–H groups in total. The Balaban J connectivity index is 2.77. The van der Waals surface area contributed by atoms with Gasteiger partial charge < -0.3 is 4.57 Å². The number of rotatable bonds is 21. The molecule has 0 amide bonds. The first kappa shape index (κ1) is 39.7. The van der Waals surface area contributed by atoms with Crippen molar-refractivity contribution in [1.29, 1.82) is 0 Å². The van der Waals surface area contributed by atoms with Crippen molar-refractivity contribution in [3.05, 3.63) is 44.5 Å². The minimum Gasteiger partial charge on any atom is -0.340 e. The van der Waals surface area contributed by atoms with Gasteiger partial charge in [0.25, 0.3) is 0 Å². The largest absolute Gasteiger partial charge is 0.340 e. The van der Waals surface area contributed by atoms with E-state index in [-0.39, 0.29) is 10.8 Å². The second-order valence-electron chi connectivity index (χ2n) is 15.1. The van der Waals surface area contributed by atoms with Crippen LogP contribution in [0.4, 0.5) is 0 Å². The highest BCUT2D eigenvalue weighted by Crippen LogP contribution is 2.51. The standard InChI is InChI=1S/C46H77N/c1-14-26-28-29-31-45(13,23-10)41-35(19-6)36(20-7)43-40(37(41)21-8)39-33(17-4)34(18-5)42(38(22-9)44(39)47(43)25-12)46(24-11,30-16-3)32-27-15-2/h14-32H2,1-13H3. The molecular weight excluding hydrogens is 567 g/mol. The molecule has 266 valence electrons. The molecule has 1 aromatic heterocycles. The summed E-state index contributed by atoms with van der Waals surface area (Å²) < 4.78 is 2.85. The average molecular weight is 644 g/mol. The van der Waals surface area contributed by atoms with E-state index in [0.29, 0.717) is 0 Å². The maximum atomic E-state index is 2.85. The summed E-state index contributed by atoms with van der Waals surface area (Å²) in [5.74, 6) is 0. The van der Waals surface area contributed by atoms with Crippen molar-refractivity contribution in [2.24, 2.45) is 0 Å². The summed E-state index contributed by atoms with van der Waals surface area (Å²) >= 11 is 0. The molecule has 0 aliphatic rings. The third kappa shape index (κ3) is 6.99. The molecule has 3 aromatic rings. The molecule has 1 nitrogen and oxygen atoms in total. The quantitative estimate of drug-likeness (QED) is 0.102. The lowest BCUT2D eigenvalue weighted by Crippen LogP contribution is -2.29. The summed E-state index contributed by atoms with van der Waals surface area (Å²) in [7, 11) is 0. The highest BCUT2D eigenvalue weighted by atomic mass is 15.0. The summed E-state index contributed by atoms with van der Waals surface area (Å²) in [5.41, 5.74) is 17.4. The summed E-state index contributed by atoms with van der Waals surface area (Å²) in [4.78, 5) is 0. The van der Waals surface area contributed by atoms with Crippen molar-refractivity contribution in [2.75, 3.05) is 0 Å². The van der Waals surface area contributed by atoms with Crippen LogP contribution in [0.1, 0.15) is 212 Å². The van der Waals surface area contributed by atoms with Gasteiger partial charge >= 0.3 is 0 Å². The van der Waals surface area contributed by atoms with E-state index in [4.69, 9.17) is 0 Å². The number of hydrogen-bond acceptors (Lipinski definition) is 0. The van der Waals surface area contributed by atoms with Gasteiger partial charge in [0.1, 0.15) is 0 Å². The Bertz CT molecular complexity index is 1450. The molecule has 0 aliphatic carbocycles. The van der Waals surface area contributed by atoms with Crippen LogP contribution in [0.15, 0.2) is 0 Å². The second kappa shape index (κ2) is 17.8. The summed E-state index contributed by atoms with van der Waals surface area (Å²) in [6.45, 7) is 33.0. The molecule has 0 spiro atoms.